The summed E-state index contributed by atoms with van der Waals surface area (Å²) in [6, 6.07) is 6.28. The predicted molar refractivity (Wildman–Crippen MR) is 132 cm³/mol. The van der Waals surface area contributed by atoms with Gasteiger partial charge in [0.1, 0.15) is 10.7 Å². The van der Waals surface area contributed by atoms with Crippen molar-refractivity contribution >= 4 is 21.6 Å². The van der Waals surface area contributed by atoms with Gasteiger partial charge in [0.25, 0.3) is 5.56 Å². The van der Waals surface area contributed by atoms with E-state index in [0.717, 1.165) is 34.5 Å². The number of aliphatic hydroxyl groups is 1. The first-order valence-corrected chi connectivity index (χ1v) is 12.2. The van der Waals surface area contributed by atoms with Gasteiger partial charge in [-0.15, -0.1) is 11.3 Å². The van der Waals surface area contributed by atoms with Crippen molar-refractivity contribution in [1.29, 1.82) is 0 Å². The Morgan fingerprint density at radius 3 is 2.69 bits per heavy atom. The van der Waals surface area contributed by atoms with Gasteiger partial charge in [-0.1, -0.05) is 44.5 Å². The van der Waals surface area contributed by atoms with Crippen LogP contribution in [-0.4, -0.2) is 52.4 Å². The summed E-state index contributed by atoms with van der Waals surface area (Å²) in [6.07, 6.45) is 0.371. The van der Waals surface area contributed by atoms with Crippen LogP contribution in [0.25, 0.3) is 21.3 Å². The minimum absolute atomic E-state index is 0.113. The Morgan fingerprint density at radius 1 is 1.22 bits per heavy atom. The first-order valence-electron chi connectivity index (χ1n) is 11.3. The second kappa shape index (κ2) is 11.2. The van der Waals surface area contributed by atoms with Crippen molar-refractivity contribution < 1.29 is 9.84 Å². The Balaban J connectivity index is 1.79. The maximum Gasteiger partial charge on any atom is 0.260 e. The van der Waals surface area contributed by atoms with Crippen LogP contribution in [0.15, 0.2) is 28.4 Å². The van der Waals surface area contributed by atoms with Gasteiger partial charge in [-0.25, -0.2) is 4.98 Å². The molecule has 2 heterocycles. The van der Waals surface area contributed by atoms with E-state index in [2.05, 4.69) is 62.7 Å². The number of thiophene rings is 1. The van der Waals surface area contributed by atoms with Crippen LogP contribution in [0.3, 0.4) is 0 Å². The number of hydrogen-bond donors (Lipinski definition) is 2. The normalized spacial score (nSPS) is 12.9. The van der Waals surface area contributed by atoms with Crippen LogP contribution < -0.4 is 5.56 Å². The fraction of sp³-hybridized carbons (Fsp3) is 0.520. The van der Waals surface area contributed by atoms with Crippen LogP contribution in [0, 0.1) is 19.8 Å². The minimum atomic E-state index is -0.575. The molecule has 1 atom stereocenters. The van der Waals surface area contributed by atoms with Gasteiger partial charge in [0.05, 0.1) is 24.6 Å². The van der Waals surface area contributed by atoms with Crippen molar-refractivity contribution in [3.8, 4) is 11.1 Å². The Bertz CT molecular complexity index is 1090. The van der Waals surface area contributed by atoms with Crippen molar-refractivity contribution in [2.24, 2.45) is 5.92 Å². The second-order valence-corrected chi connectivity index (χ2v) is 9.84. The maximum absolute atomic E-state index is 13.0. The molecule has 0 spiro atoms. The number of hydrogen-bond acceptors (Lipinski definition) is 6. The lowest BCUT2D eigenvalue weighted by Crippen LogP contribution is -2.36. The molecule has 7 heteroatoms. The van der Waals surface area contributed by atoms with Gasteiger partial charge in [0, 0.05) is 24.1 Å². The summed E-state index contributed by atoms with van der Waals surface area (Å²) in [5, 5.41) is 13.1. The van der Waals surface area contributed by atoms with Crippen LogP contribution in [0.4, 0.5) is 0 Å². The standard InChI is InChI=1S/C25H35N3O3S/c1-6-9-28(11-19(29)14-31-13-16(2)3)12-22-26-24(30)23-21(15-32-25(23)27-22)20-8-7-17(4)10-18(20)5/h7-8,10,15-16,19,29H,6,9,11-14H2,1-5H3,(H,26,27,30). The van der Waals surface area contributed by atoms with Crippen LogP contribution in [0.2, 0.25) is 0 Å². The molecule has 0 bridgehead atoms. The SMILES string of the molecule is CCCN(Cc1nc2scc(-c3ccc(C)cc3C)c2c(=O)[nH]1)CC(O)COCC(C)C. The third kappa shape index (κ3) is 6.25. The van der Waals surface area contributed by atoms with Gasteiger partial charge in [0.15, 0.2) is 0 Å². The molecule has 174 valence electrons. The number of H-pyrrole nitrogens is 1. The minimum Gasteiger partial charge on any atom is -0.389 e. The highest BCUT2D eigenvalue weighted by atomic mass is 32.1. The first-order chi connectivity index (χ1) is 15.3. The number of aromatic nitrogens is 2. The number of aryl methyl sites for hydroxylation is 2. The second-order valence-electron chi connectivity index (χ2n) is 8.98. The number of rotatable bonds is 11. The molecule has 0 aliphatic rings. The topological polar surface area (TPSA) is 78.5 Å². The van der Waals surface area contributed by atoms with Crippen LogP contribution in [0.5, 0.6) is 0 Å². The van der Waals surface area contributed by atoms with E-state index in [0.29, 0.717) is 43.4 Å². The highest BCUT2D eigenvalue weighted by Crippen LogP contribution is 2.33. The molecule has 0 radical (unpaired) electrons. The zero-order valence-electron chi connectivity index (χ0n) is 19.8. The van der Waals surface area contributed by atoms with Crippen LogP contribution in [-0.2, 0) is 11.3 Å². The number of nitrogens with one attached hydrogen (secondary N) is 1. The number of benzene rings is 1. The van der Waals surface area contributed by atoms with Crippen molar-refractivity contribution in [2.45, 2.75) is 53.7 Å². The molecule has 0 aliphatic carbocycles. The molecule has 32 heavy (non-hydrogen) atoms. The van der Waals surface area contributed by atoms with Crippen molar-refractivity contribution in [1.82, 2.24) is 14.9 Å². The van der Waals surface area contributed by atoms with Crippen LogP contribution in [0.1, 0.15) is 44.1 Å². The lowest BCUT2D eigenvalue weighted by molar-refractivity contribution is 0.00657. The van der Waals surface area contributed by atoms with E-state index in [1.54, 1.807) is 0 Å². The molecule has 0 fully saturated rings. The molecule has 3 aromatic rings. The Labute approximate surface area is 194 Å². The molecule has 6 nitrogen and oxygen atoms in total. The quantitative estimate of drug-likeness (QED) is 0.443. The zero-order chi connectivity index (χ0) is 23.3. The summed E-state index contributed by atoms with van der Waals surface area (Å²) in [6.45, 7) is 13.1. The molecule has 0 aliphatic heterocycles. The van der Waals surface area contributed by atoms with E-state index in [4.69, 9.17) is 9.72 Å². The van der Waals surface area contributed by atoms with Gasteiger partial charge in [0.2, 0.25) is 0 Å². The molecule has 0 saturated carbocycles. The van der Waals surface area contributed by atoms with Crippen molar-refractivity contribution in [3.63, 3.8) is 0 Å². The van der Waals surface area contributed by atoms with Gasteiger partial charge in [-0.3, -0.25) is 9.69 Å². The number of ether oxygens (including phenoxy) is 1. The molecule has 2 aromatic heterocycles. The molecule has 0 saturated heterocycles. The molecular formula is C25H35N3O3S. The lowest BCUT2D eigenvalue weighted by Gasteiger charge is -2.24. The van der Waals surface area contributed by atoms with E-state index in [9.17, 15) is 9.90 Å². The van der Waals surface area contributed by atoms with Gasteiger partial charge >= 0.3 is 0 Å². The lowest BCUT2D eigenvalue weighted by atomic mass is 9.99. The Kier molecular flexibility index (Phi) is 8.59. The fourth-order valence-corrected chi connectivity index (χ4v) is 4.89. The molecule has 3 rings (SSSR count). The van der Waals surface area contributed by atoms with E-state index < -0.39 is 6.10 Å². The largest absolute Gasteiger partial charge is 0.389 e. The average Bonchev–Trinajstić information content (AvgIpc) is 3.12. The number of aromatic amines is 1. The number of fused-ring (bicyclic) bond motifs is 1. The first kappa shape index (κ1) is 24.6. The Hall–Kier alpha value is -2.06. The monoisotopic (exact) mass is 457 g/mol. The van der Waals surface area contributed by atoms with Gasteiger partial charge in [-0.05, 0) is 43.9 Å². The highest BCUT2D eigenvalue weighted by molar-refractivity contribution is 7.17. The van der Waals surface area contributed by atoms with Gasteiger partial charge in [-0.2, -0.15) is 0 Å². The molecule has 0 amide bonds. The van der Waals surface area contributed by atoms with E-state index >= 15 is 0 Å². The molecule has 1 aromatic carbocycles. The zero-order valence-corrected chi connectivity index (χ0v) is 20.6. The fourth-order valence-electron chi connectivity index (χ4n) is 3.94. The summed E-state index contributed by atoms with van der Waals surface area (Å²) in [5.41, 5.74) is 4.24. The summed E-state index contributed by atoms with van der Waals surface area (Å²) in [4.78, 5) is 23.6. The number of nitrogens with zero attached hydrogens (tertiary/aromatic N) is 2. The average molecular weight is 458 g/mol. The molecular weight excluding hydrogens is 422 g/mol. The predicted octanol–water partition coefficient (Wildman–Crippen LogP) is 4.51. The third-order valence-corrected chi connectivity index (χ3v) is 6.18. The summed E-state index contributed by atoms with van der Waals surface area (Å²) >= 11 is 1.50. The summed E-state index contributed by atoms with van der Waals surface area (Å²) in [7, 11) is 0. The van der Waals surface area contributed by atoms with Crippen molar-refractivity contribution in [3.05, 3.63) is 50.9 Å². The smallest absolute Gasteiger partial charge is 0.260 e. The van der Waals surface area contributed by atoms with Gasteiger partial charge < -0.3 is 14.8 Å². The number of aliphatic hydroxyl groups excluding tert-OH is 1. The maximum atomic E-state index is 13.0. The third-order valence-electron chi connectivity index (χ3n) is 5.31. The molecule has 2 N–H and O–H groups in total. The summed E-state index contributed by atoms with van der Waals surface area (Å²) in [5.74, 6) is 1.06. The van der Waals surface area contributed by atoms with E-state index in [-0.39, 0.29) is 5.56 Å². The van der Waals surface area contributed by atoms with E-state index in [1.807, 2.05) is 5.38 Å². The van der Waals surface area contributed by atoms with E-state index in [1.165, 1.54) is 16.9 Å². The molecule has 1 unspecified atom stereocenters. The van der Waals surface area contributed by atoms with Crippen molar-refractivity contribution in [2.75, 3.05) is 26.3 Å². The summed E-state index contributed by atoms with van der Waals surface area (Å²) < 4.78 is 5.58. The van der Waals surface area contributed by atoms with Crippen LogP contribution >= 0.6 is 11.3 Å². The Morgan fingerprint density at radius 2 is 2.00 bits per heavy atom. The highest BCUT2D eigenvalue weighted by Gasteiger charge is 2.17.